The summed E-state index contributed by atoms with van der Waals surface area (Å²) in [5.74, 6) is 0. The summed E-state index contributed by atoms with van der Waals surface area (Å²) in [4.78, 5) is 22.1. The number of nitro benzene ring substituents is 2. The Kier molecular flexibility index (Phi) is 9.38. The van der Waals surface area contributed by atoms with Crippen molar-refractivity contribution < 1.29 is 9.85 Å². The molecule has 15 heteroatoms. The molecule has 0 N–H and O–H groups in total. The highest BCUT2D eigenvalue weighted by atomic mass is 35.5. The Bertz CT molecular complexity index is 1530. The number of hydrogen-bond acceptors (Lipinski definition) is 5. The number of halogens is 8. The zero-order valence-corrected chi connectivity index (χ0v) is 25.4. The van der Waals surface area contributed by atoms with Crippen LogP contribution in [0.25, 0.3) is 22.3 Å². The van der Waals surface area contributed by atoms with E-state index in [1.807, 2.05) is 0 Å². The van der Waals surface area contributed by atoms with E-state index in [0.29, 0.717) is 9.79 Å². The van der Waals surface area contributed by atoms with Crippen LogP contribution in [-0.2, 0) is 0 Å². The quantitative estimate of drug-likeness (QED) is 0.147. The van der Waals surface area contributed by atoms with Gasteiger partial charge in [-0.25, -0.2) is 0 Å². The molecule has 0 unspecified atom stereocenters. The Balaban J connectivity index is 1.84. The molecule has 0 atom stereocenters. The maximum Gasteiger partial charge on any atom is 0.272 e. The molecule has 0 fully saturated rings. The molecule has 4 aromatic rings. The highest BCUT2D eigenvalue weighted by Gasteiger charge is 2.25. The first-order valence-corrected chi connectivity index (χ1v) is 14.1. The van der Waals surface area contributed by atoms with Crippen LogP contribution in [0.15, 0.2) is 58.3 Å². The van der Waals surface area contributed by atoms with Crippen LogP contribution in [0.1, 0.15) is 0 Å². The molecule has 6 nitrogen and oxygen atoms in total. The molecule has 4 aromatic carbocycles. The van der Waals surface area contributed by atoms with E-state index >= 15 is 0 Å². The van der Waals surface area contributed by atoms with Gasteiger partial charge in [0.2, 0.25) is 0 Å². The van der Waals surface area contributed by atoms with E-state index in [0.717, 1.165) is 36.0 Å². The van der Waals surface area contributed by atoms with Crippen LogP contribution in [0.3, 0.4) is 0 Å². The minimum Gasteiger partial charge on any atom is -0.258 e. The lowest BCUT2D eigenvalue weighted by atomic mass is 10.0. The molecule has 0 bridgehead atoms. The molecular formula is C24H8Cl8N2O4S. The summed E-state index contributed by atoms with van der Waals surface area (Å²) >= 11 is 52.9. The van der Waals surface area contributed by atoms with Gasteiger partial charge >= 0.3 is 0 Å². The van der Waals surface area contributed by atoms with Crippen molar-refractivity contribution in [1.82, 2.24) is 0 Å². The first kappa shape index (κ1) is 30.3. The van der Waals surface area contributed by atoms with Crippen molar-refractivity contribution in [3.05, 3.63) is 109 Å². The minimum absolute atomic E-state index is 0.0191. The fourth-order valence-corrected chi connectivity index (χ4v) is 7.18. The first-order valence-electron chi connectivity index (χ1n) is 10.2. The summed E-state index contributed by atoms with van der Waals surface area (Å²) in [7, 11) is 0. The van der Waals surface area contributed by atoms with Gasteiger partial charge in [0.05, 0.1) is 50.0 Å². The summed E-state index contributed by atoms with van der Waals surface area (Å²) in [6.07, 6.45) is 0. The molecule has 0 aliphatic rings. The molecule has 39 heavy (non-hydrogen) atoms. The third kappa shape index (κ3) is 6.03. The fraction of sp³-hybridized carbons (Fsp3) is 0. The smallest absolute Gasteiger partial charge is 0.258 e. The van der Waals surface area contributed by atoms with Gasteiger partial charge in [0, 0.05) is 56.3 Å². The van der Waals surface area contributed by atoms with E-state index in [1.165, 1.54) is 0 Å². The van der Waals surface area contributed by atoms with Crippen molar-refractivity contribution in [2.24, 2.45) is 0 Å². The monoisotopic (exact) mass is 700 g/mol. The third-order valence-corrected chi connectivity index (χ3v) is 9.26. The normalized spacial score (nSPS) is 11.1. The van der Waals surface area contributed by atoms with Crippen molar-refractivity contribution in [2.45, 2.75) is 9.79 Å². The van der Waals surface area contributed by atoms with Gasteiger partial charge in [0.25, 0.3) is 11.4 Å². The maximum atomic E-state index is 11.2. The molecule has 4 rings (SSSR count). The predicted octanol–water partition coefficient (Wildman–Crippen LogP) is 12.2. The molecule has 0 saturated carbocycles. The second-order valence-electron chi connectivity index (χ2n) is 7.65. The van der Waals surface area contributed by atoms with Crippen LogP contribution in [0, 0.1) is 20.2 Å². The average molecular weight is 704 g/mol. The fourth-order valence-electron chi connectivity index (χ4n) is 3.61. The Morgan fingerprint density at radius 3 is 1.08 bits per heavy atom. The van der Waals surface area contributed by atoms with Crippen LogP contribution in [-0.4, -0.2) is 9.85 Å². The SMILES string of the molecule is O=[N+]([O-])c1cc(Cl)c(-c2c(Cl)ccc(Sc3ccc(Cl)c(-c4c(Cl)cc([N+](=O)[O-])cc4Cl)c3Cl)c2Cl)c(Cl)c1. The summed E-state index contributed by atoms with van der Waals surface area (Å²) in [6.45, 7) is 0. The number of nitro groups is 2. The Labute approximate surface area is 264 Å². The van der Waals surface area contributed by atoms with Crippen LogP contribution in [0.5, 0.6) is 0 Å². The molecule has 0 aliphatic carbocycles. The Hall–Kier alpha value is -1.65. The van der Waals surface area contributed by atoms with Crippen molar-refractivity contribution in [3.8, 4) is 22.3 Å². The third-order valence-electron chi connectivity index (χ3n) is 5.31. The van der Waals surface area contributed by atoms with Crippen molar-refractivity contribution in [1.29, 1.82) is 0 Å². The zero-order chi connectivity index (χ0) is 28.8. The highest BCUT2D eigenvalue weighted by molar-refractivity contribution is 7.99. The molecule has 0 amide bonds. The van der Waals surface area contributed by atoms with Crippen molar-refractivity contribution in [2.75, 3.05) is 0 Å². The molecule has 0 radical (unpaired) electrons. The van der Waals surface area contributed by atoms with Gasteiger partial charge in [-0.15, -0.1) is 0 Å². The summed E-state index contributed by atoms with van der Waals surface area (Å²) in [6, 6.07) is 11.0. The second kappa shape index (κ2) is 12.1. The van der Waals surface area contributed by atoms with Gasteiger partial charge in [-0.2, -0.15) is 0 Å². The van der Waals surface area contributed by atoms with E-state index < -0.39 is 9.85 Å². The largest absolute Gasteiger partial charge is 0.272 e. The van der Waals surface area contributed by atoms with Gasteiger partial charge in [-0.05, 0) is 24.3 Å². The lowest BCUT2D eigenvalue weighted by Crippen LogP contribution is -1.93. The molecule has 0 spiro atoms. The molecule has 0 aliphatic heterocycles. The van der Waals surface area contributed by atoms with E-state index in [9.17, 15) is 20.2 Å². The second-order valence-corrected chi connectivity index (χ2v) is 11.9. The number of nitrogens with zero attached hydrogens (tertiary/aromatic N) is 2. The molecular weight excluding hydrogens is 696 g/mol. The predicted molar refractivity (Wildman–Crippen MR) is 161 cm³/mol. The van der Waals surface area contributed by atoms with E-state index in [-0.39, 0.29) is 73.8 Å². The van der Waals surface area contributed by atoms with Crippen LogP contribution < -0.4 is 0 Å². The molecule has 200 valence electrons. The number of rotatable bonds is 6. The lowest BCUT2D eigenvalue weighted by molar-refractivity contribution is -0.385. The van der Waals surface area contributed by atoms with E-state index in [2.05, 4.69) is 0 Å². The van der Waals surface area contributed by atoms with Gasteiger partial charge in [-0.1, -0.05) is 105 Å². The van der Waals surface area contributed by atoms with E-state index in [4.69, 9.17) is 92.8 Å². The van der Waals surface area contributed by atoms with Gasteiger partial charge < -0.3 is 0 Å². The summed E-state index contributed by atoms with van der Waals surface area (Å²) < 4.78 is 0. The van der Waals surface area contributed by atoms with Crippen molar-refractivity contribution >= 4 is 116 Å². The van der Waals surface area contributed by atoms with Crippen LogP contribution >= 0.6 is 105 Å². The average Bonchev–Trinajstić information content (AvgIpc) is 2.85. The number of hydrogen-bond donors (Lipinski definition) is 0. The molecule has 0 saturated heterocycles. The van der Waals surface area contributed by atoms with Crippen molar-refractivity contribution in [3.63, 3.8) is 0 Å². The summed E-state index contributed by atoms with van der Waals surface area (Å²) in [5, 5.41) is 23.0. The Morgan fingerprint density at radius 1 is 0.487 bits per heavy atom. The molecule has 0 heterocycles. The van der Waals surface area contributed by atoms with Gasteiger partial charge in [0.15, 0.2) is 0 Å². The number of benzene rings is 4. The maximum absolute atomic E-state index is 11.2. The van der Waals surface area contributed by atoms with Gasteiger partial charge in [0.1, 0.15) is 0 Å². The first-order chi connectivity index (χ1) is 18.3. The number of non-ortho nitro benzene ring substituents is 2. The lowest BCUT2D eigenvalue weighted by Gasteiger charge is -2.17. The van der Waals surface area contributed by atoms with E-state index in [1.54, 1.807) is 24.3 Å². The van der Waals surface area contributed by atoms with Crippen LogP contribution in [0.2, 0.25) is 40.2 Å². The molecule has 0 aromatic heterocycles. The standard InChI is InChI=1S/C24H8Cl8N2O4S/c25-11-1-3-17(23(31)21(11)19-13(27)5-9(33(35)36)6-14(19)28)39-18-4-2-12(26)22(24(18)32)20-15(29)7-10(34(37)38)8-16(20)30/h1-8H. The van der Waals surface area contributed by atoms with Gasteiger partial charge in [-0.3, -0.25) is 20.2 Å². The Morgan fingerprint density at radius 2 is 0.795 bits per heavy atom. The minimum atomic E-state index is -0.624. The van der Waals surface area contributed by atoms with Crippen LogP contribution in [0.4, 0.5) is 11.4 Å². The topological polar surface area (TPSA) is 86.3 Å². The highest BCUT2D eigenvalue weighted by Crippen LogP contribution is 2.51. The summed E-state index contributed by atoms with van der Waals surface area (Å²) in [5.41, 5.74) is 0.369. The zero-order valence-electron chi connectivity index (χ0n) is 18.6.